The highest BCUT2D eigenvalue weighted by Gasteiger charge is 2.20. The fourth-order valence-electron chi connectivity index (χ4n) is 4.01. The third-order valence-corrected chi connectivity index (χ3v) is 5.53. The van der Waals surface area contributed by atoms with Crippen LogP contribution >= 0.6 is 0 Å². The average Bonchev–Trinajstić information content (AvgIpc) is 3.36. The van der Waals surface area contributed by atoms with Gasteiger partial charge >= 0.3 is 5.97 Å². The number of carbonyl (C=O) groups is 3. The van der Waals surface area contributed by atoms with E-state index >= 15 is 0 Å². The minimum Gasteiger partial charge on any atom is -0.478 e. The Bertz CT molecular complexity index is 1140. The first-order chi connectivity index (χ1) is 14.4. The van der Waals surface area contributed by atoms with Gasteiger partial charge in [0.1, 0.15) is 0 Å². The minimum atomic E-state index is -1.06. The molecule has 0 unspecified atom stereocenters. The van der Waals surface area contributed by atoms with E-state index in [1.165, 1.54) is 29.8 Å². The van der Waals surface area contributed by atoms with Gasteiger partial charge in [0, 0.05) is 24.5 Å². The van der Waals surface area contributed by atoms with E-state index in [0.29, 0.717) is 33.9 Å². The Morgan fingerprint density at radius 2 is 1.77 bits per heavy atom. The summed E-state index contributed by atoms with van der Waals surface area (Å²) in [5.74, 6) is -1.66. The van der Waals surface area contributed by atoms with Gasteiger partial charge in [-0.15, -0.1) is 0 Å². The van der Waals surface area contributed by atoms with Crippen molar-refractivity contribution in [1.29, 1.82) is 0 Å². The molecule has 1 heterocycles. The molecule has 1 aliphatic rings. The van der Waals surface area contributed by atoms with E-state index in [4.69, 9.17) is 0 Å². The SMILES string of the molecule is CC(=O)n1cc(C(=O)Nc2cc(C(=O)O)ccc2NC2CCCC2)c2ccccc21. The van der Waals surface area contributed by atoms with Crippen molar-refractivity contribution in [1.82, 2.24) is 4.57 Å². The van der Waals surface area contributed by atoms with Gasteiger partial charge in [0.2, 0.25) is 5.91 Å². The summed E-state index contributed by atoms with van der Waals surface area (Å²) in [5.41, 5.74) is 2.20. The van der Waals surface area contributed by atoms with Gasteiger partial charge in [-0.3, -0.25) is 14.2 Å². The van der Waals surface area contributed by atoms with Crippen molar-refractivity contribution in [3.63, 3.8) is 0 Å². The van der Waals surface area contributed by atoms with Crippen LogP contribution in [0.15, 0.2) is 48.7 Å². The fourth-order valence-corrected chi connectivity index (χ4v) is 4.01. The molecule has 154 valence electrons. The summed E-state index contributed by atoms with van der Waals surface area (Å²) in [6, 6.07) is 12.2. The number of hydrogen-bond acceptors (Lipinski definition) is 4. The summed E-state index contributed by atoms with van der Waals surface area (Å²) in [4.78, 5) is 36.5. The Kier molecular flexibility index (Phi) is 5.27. The van der Waals surface area contributed by atoms with Gasteiger partial charge in [-0.2, -0.15) is 0 Å². The number of aromatic carboxylic acids is 1. The predicted octanol–water partition coefficient (Wildman–Crippen LogP) is 4.61. The van der Waals surface area contributed by atoms with Crippen LogP contribution in [-0.4, -0.2) is 33.5 Å². The lowest BCUT2D eigenvalue weighted by molar-refractivity contribution is 0.0696. The van der Waals surface area contributed by atoms with Crippen LogP contribution in [0.3, 0.4) is 0 Å². The van der Waals surface area contributed by atoms with Crippen molar-refractivity contribution in [2.24, 2.45) is 0 Å². The first kappa shape index (κ1) is 19.7. The van der Waals surface area contributed by atoms with E-state index < -0.39 is 11.9 Å². The van der Waals surface area contributed by atoms with E-state index in [1.807, 2.05) is 12.1 Å². The molecule has 7 nitrogen and oxygen atoms in total. The number of aromatic nitrogens is 1. The number of carboxylic acid groups (broad SMARTS) is 1. The van der Waals surface area contributed by atoms with Crippen LogP contribution in [-0.2, 0) is 0 Å². The Morgan fingerprint density at radius 1 is 1.03 bits per heavy atom. The molecule has 7 heteroatoms. The zero-order chi connectivity index (χ0) is 21.3. The van der Waals surface area contributed by atoms with Gasteiger partial charge in [-0.05, 0) is 37.1 Å². The number of hydrogen-bond donors (Lipinski definition) is 3. The van der Waals surface area contributed by atoms with E-state index in [-0.39, 0.29) is 11.5 Å². The van der Waals surface area contributed by atoms with Crippen LogP contribution < -0.4 is 10.6 Å². The van der Waals surface area contributed by atoms with Gasteiger partial charge in [-0.25, -0.2) is 4.79 Å². The lowest BCUT2D eigenvalue weighted by Gasteiger charge is -2.18. The molecule has 3 N–H and O–H groups in total. The summed E-state index contributed by atoms with van der Waals surface area (Å²) in [6.45, 7) is 1.44. The van der Waals surface area contributed by atoms with Crippen LogP contribution in [0, 0.1) is 0 Å². The number of para-hydroxylation sites is 1. The number of amides is 1. The second-order valence-corrected chi connectivity index (χ2v) is 7.59. The van der Waals surface area contributed by atoms with Crippen molar-refractivity contribution >= 4 is 40.1 Å². The van der Waals surface area contributed by atoms with Gasteiger partial charge in [0.15, 0.2) is 0 Å². The molecular formula is C23H23N3O4. The van der Waals surface area contributed by atoms with E-state index in [1.54, 1.807) is 18.2 Å². The molecule has 3 aromatic rings. The van der Waals surface area contributed by atoms with E-state index in [2.05, 4.69) is 10.6 Å². The van der Waals surface area contributed by atoms with Crippen LogP contribution in [0.4, 0.5) is 11.4 Å². The standard InChI is InChI=1S/C23H23N3O4/c1-14(27)26-13-18(17-8-4-5-9-21(17)26)22(28)25-20-12-15(23(29)30)10-11-19(20)24-16-6-2-3-7-16/h4-5,8-13,16,24H,2-3,6-7H2,1H3,(H,25,28)(H,29,30). The maximum absolute atomic E-state index is 13.1. The molecular weight excluding hydrogens is 382 g/mol. The minimum absolute atomic E-state index is 0.0911. The number of carboxylic acids is 1. The monoisotopic (exact) mass is 405 g/mol. The quantitative estimate of drug-likeness (QED) is 0.576. The van der Waals surface area contributed by atoms with Crippen LogP contribution in [0.25, 0.3) is 10.9 Å². The van der Waals surface area contributed by atoms with Crippen LogP contribution in [0.2, 0.25) is 0 Å². The largest absolute Gasteiger partial charge is 0.478 e. The van der Waals surface area contributed by atoms with E-state index in [9.17, 15) is 19.5 Å². The molecule has 4 rings (SSSR count). The number of nitrogens with zero attached hydrogens (tertiary/aromatic N) is 1. The molecule has 0 atom stereocenters. The average molecular weight is 405 g/mol. The summed E-state index contributed by atoms with van der Waals surface area (Å²) >= 11 is 0. The number of fused-ring (bicyclic) bond motifs is 1. The molecule has 0 saturated heterocycles. The Balaban J connectivity index is 1.70. The Hall–Kier alpha value is -3.61. The first-order valence-electron chi connectivity index (χ1n) is 10.0. The van der Waals surface area contributed by atoms with Gasteiger partial charge < -0.3 is 15.7 Å². The van der Waals surface area contributed by atoms with Crippen molar-refractivity contribution in [3.8, 4) is 0 Å². The van der Waals surface area contributed by atoms with Crippen molar-refractivity contribution in [2.75, 3.05) is 10.6 Å². The van der Waals surface area contributed by atoms with Crippen LogP contribution in [0.5, 0.6) is 0 Å². The van der Waals surface area contributed by atoms with E-state index in [0.717, 1.165) is 25.7 Å². The molecule has 1 aromatic heterocycles. The number of nitrogens with one attached hydrogen (secondary N) is 2. The third-order valence-electron chi connectivity index (χ3n) is 5.53. The zero-order valence-electron chi connectivity index (χ0n) is 16.6. The molecule has 30 heavy (non-hydrogen) atoms. The molecule has 1 aliphatic carbocycles. The number of carbonyl (C=O) groups excluding carboxylic acids is 2. The normalized spacial score (nSPS) is 14.0. The second-order valence-electron chi connectivity index (χ2n) is 7.59. The Labute approximate surface area is 173 Å². The fraction of sp³-hybridized carbons (Fsp3) is 0.261. The highest BCUT2D eigenvalue weighted by Crippen LogP contribution is 2.30. The first-order valence-corrected chi connectivity index (χ1v) is 10.0. The Morgan fingerprint density at radius 3 is 2.47 bits per heavy atom. The van der Waals surface area contributed by atoms with Gasteiger partial charge in [0.05, 0.1) is 28.0 Å². The maximum atomic E-state index is 13.1. The number of benzene rings is 2. The summed E-state index contributed by atoms with van der Waals surface area (Å²) in [5, 5.41) is 16.3. The van der Waals surface area contributed by atoms with Crippen molar-refractivity contribution < 1.29 is 19.5 Å². The number of rotatable bonds is 5. The smallest absolute Gasteiger partial charge is 0.335 e. The zero-order valence-corrected chi connectivity index (χ0v) is 16.6. The summed E-state index contributed by atoms with van der Waals surface area (Å²) < 4.78 is 1.44. The highest BCUT2D eigenvalue weighted by atomic mass is 16.4. The van der Waals surface area contributed by atoms with Crippen LogP contribution in [0.1, 0.15) is 58.1 Å². The second kappa shape index (κ2) is 8.02. The lowest BCUT2D eigenvalue weighted by atomic mass is 10.1. The lowest BCUT2D eigenvalue weighted by Crippen LogP contribution is -2.18. The highest BCUT2D eigenvalue weighted by molar-refractivity contribution is 6.15. The summed E-state index contributed by atoms with van der Waals surface area (Å²) in [6.07, 6.45) is 5.90. The maximum Gasteiger partial charge on any atom is 0.335 e. The van der Waals surface area contributed by atoms with Crippen molar-refractivity contribution in [3.05, 3.63) is 59.8 Å². The molecule has 1 amide bonds. The number of anilines is 2. The molecule has 1 saturated carbocycles. The molecule has 2 aromatic carbocycles. The molecule has 0 aliphatic heterocycles. The molecule has 0 bridgehead atoms. The molecule has 0 spiro atoms. The molecule has 0 radical (unpaired) electrons. The van der Waals surface area contributed by atoms with Gasteiger partial charge in [-0.1, -0.05) is 31.0 Å². The topological polar surface area (TPSA) is 100 Å². The molecule has 1 fully saturated rings. The van der Waals surface area contributed by atoms with Gasteiger partial charge in [0.25, 0.3) is 5.91 Å². The summed E-state index contributed by atoms with van der Waals surface area (Å²) in [7, 11) is 0. The van der Waals surface area contributed by atoms with Crippen molar-refractivity contribution in [2.45, 2.75) is 38.6 Å². The third kappa shape index (κ3) is 3.78. The predicted molar refractivity (Wildman–Crippen MR) is 115 cm³/mol.